The number of hydrogen-bond acceptors (Lipinski definition) is 4. The van der Waals surface area contributed by atoms with Gasteiger partial charge in [-0.3, -0.25) is 4.90 Å². The molecule has 0 aromatic heterocycles. The van der Waals surface area contributed by atoms with Crippen LogP contribution in [0.5, 0.6) is 11.5 Å². The Balaban J connectivity index is 1.73. The molecule has 2 atom stereocenters. The summed E-state index contributed by atoms with van der Waals surface area (Å²) in [6.45, 7) is 3.23. The second-order valence-electron chi connectivity index (χ2n) is 5.84. The Hall–Kier alpha value is -1.26. The van der Waals surface area contributed by atoms with E-state index in [4.69, 9.17) is 9.47 Å². The molecular formula is C16H24N2O2. The third kappa shape index (κ3) is 2.91. The van der Waals surface area contributed by atoms with Crippen LogP contribution in [-0.2, 0) is 6.54 Å². The van der Waals surface area contributed by atoms with E-state index in [0.717, 1.165) is 37.2 Å². The molecule has 110 valence electrons. The first-order valence-electron chi connectivity index (χ1n) is 7.48. The summed E-state index contributed by atoms with van der Waals surface area (Å²) in [6, 6.07) is 7.44. The van der Waals surface area contributed by atoms with Crippen LogP contribution in [0.1, 0.15) is 24.8 Å². The lowest BCUT2D eigenvalue weighted by Crippen LogP contribution is -2.35. The van der Waals surface area contributed by atoms with Gasteiger partial charge in [0.2, 0.25) is 0 Å². The van der Waals surface area contributed by atoms with E-state index >= 15 is 0 Å². The molecule has 3 rings (SSSR count). The van der Waals surface area contributed by atoms with Gasteiger partial charge in [-0.15, -0.1) is 0 Å². The van der Waals surface area contributed by atoms with Crippen LogP contribution >= 0.6 is 0 Å². The first-order chi connectivity index (χ1) is 9.78. The summed E-state index contributed by atoms with van der Waals surface area (Å²) in [5.41, 5.74) is 1.21. The van der Waals surface area contributed by atoms with Crippen LogP contribution < -0.4 is 14.8 Å². The molecule has 4 nitrogen and oxygen atoms in total. The van der Waals surface area contributed by atoms with Gasteiger partial charge in [0.15, 0.2) is 0 Å². The van der Waals surface area contributed by atoms with Crippen LogP contribution in [0, 0.1) is 0 Å². The molecule has 2 unspecified atom stereocenters. The minimum atomic E-state index is 0.666. The largest absolute Gasteiger partial charge is 0.497 e. The SMILES string of the molecule is COc1ccc(OC)c(CN2CCC3CCC(C2)N3)c1. The topological polar surface area (TPSA) is 33.7 Å². The van der Waals surface area contributed by atoms with Crippen molar-refractivity contribution in [3.8, 4) is 11.5 Å². The standard InChI is InChI=1S/C16H24N2O2/c1-19-15-5-6-16(20-2)12(9-15)10-18-8-7-13-3-4-14(11-18)17-13/h5-6,9,13-14,17H,3-4,7-8,10-11H2,1-2H3. The summed E-state index contributed by atoms with van der Waals surface area (Å²) in [6.07, 6.45) is 3.92. The maximum absolute atomic E-state index is 5.48. The van der Waals surface area contributed by atoms with E-state index in [0.29, 0.717) is 6.04 Å². The van der Waals surface area contributed by atoms with Gasteiger partial charge < -0.3 is 14.8 Å². The molecule has 2 saturated heterocycles. The summed E-state index contributed by atoms with van der Waals surface area (Å²) in [5.74, 6) is 1.85. The summed E-state index contributed by atoms with van der Waals surface area (Å²) in [7, 11) is 3.44. The Kier molecular flexibility index (Phi) is 4.13. The van der Waals surface area contributed by atoms with Gasteiger partial charge in [0.1, 0.15) is 11.5 Å². The van der Waals surface area contributed by atoms with Crippen LogP contribution in [0.4, 0.5) is 0 Å². The van der Waals surface area contributed by atoms with Gasteiger partial charge in [0.05, 0.1) is 14.2 Å². The van der Waals surface area contributed by atoms with Crippen LogP contribution in [0.15, 0.2) is 18.2 Å². The zero-order valence-electron chi connectivity index (χ0n) is 12.4. The van der Waals surface area contributed by atoms with E-state index < -0.39 is 0 Å². The fraction of sp³-hybridized carbons (Fsp3) is 0.625. The molecule has 0 amide bonds. The fourth-order valence-electron chi connectivity index (χ4n) is 3.41. The minimum absolute atomic E-state index is 0.666. The number of fused-ring (bicyclic) bond motifs is 2. The smallest absolute Gasteiger partial charge is 0.123 e. The number of nitrogens with zero attached hydrogens (tertiary/aromatic N) is 1. The van der Waals surface area contributed by atoms with E-state index in [1.807, 2.05) is 12.1 Å². The number of likely N-dealkylation sites (tertiary alicyclic amines) is 1. The number of ether oxygens (including phenoxy) is 2. The molecule has 1 aromatic rings. The molecule has 0 aliphatic carbocycles. The Morgan fingerprint density at radius 1 is 1.15 bits per heavy atom. The zero-order chi connectivity index (χ0) is 13.9. The molecule has 4 heteroatoms. The van der Waals surface area contributed by atoms with Gasteiger partial charge in [-0.05, 0) is 37.5 Å². The third-order valence-corrected chi connectivity index (χ3v) is 4.49. The molecule has 0 spiro atoms. The molecule has 2 aliphatic heterocycles. The molecule has 0 saturated carbocycles. The average molecular weight is 276 g/mol. The summed E-state index contributed by atoms with van der Waals surface area (Å²) >= 11 is 0. The van der Waals surface area contributed by atoms with Crippen LogP contribution in [0.2, 0.25) is 0 Å². The first-order valence-corrected chi connectivity index (χ1v) is 7.48. The van der Waals surface area contributed by atoms with Crippen molar-refractivity contribution in [2.75, 3.05) is 27.3 Å². The lowest BCUT2D eigenvalue weighted by Gasteiger charge is -2.25. The molecule has 0 radical (unpaired) electrons. The lowest BCUT2D eigenvalue weighted by atomic mass is 10.1. The zero-order valence-corrected chi connectivity index (χ0v) is 12.4. The van der Waals surface area contributed by atoms with Gasteiger partial charge in [0, 0.05) is 37.3 Å². The van der Waals surface area contributed by atoms with Gasteiger partial charge in [-0.25, -0.2) is 0 Å². The van der Waals surface area contributed by atoms with Crippen molar-refractivity contribution in [2.45, 2.75) is 37.9 Å². The monoisotopic (exact) mass is 276 g/mol. The van der Waals surface area contributed by atoms with Crippen molar-refractivity contribution in [1.29, 1.82) is 0 Å². The first kappa shape index (κ1) is 13.7. The predicted octanol–water partition coefficient (Wildman–Crippen LogP) is 2.03. The fourth-order valence-corrected chi connectivity index (χ4v) is 3.41. The van der Waals surface area contributed by atoms with Crippen LogP contribution in [0.25, 0.3) is 0 Å². The molecule has 20 heavy (non-hydrogen) atoms. The Labute approximate surface area is 121 Å². The highest BCUT2D eigenvalue weighted by molar-refractivity contribution is 5.40. The van der Waals surface area contributed by atoms with Crippen molar-refractivity contribution in [1.82, 2.24) is 10.2 Å². The Bertz CT molecular complexity index is 464. The van der Waals surface area contributed by atoms with Crippen LogP contribution in [0.3, 0.4) is 0 Å². The van der Waals surface area contributed by atoms with Crippen molar-refractivity contribution < 1.29 is 9.47 Å². The van der Waals surface area contributed by atoms with E-state index in [-0.39, 0.29) is 0 Å². The highest BCUT2D eigenvalue weighted by Gasteiger charge is 2.29. The summed E-state index contributed by atoms with van der Waals surface area (Å²) in [4.78, 5) is 2.54. The highest BCUT2D eigenvalue weighted by atomic mass is 16.5. The summed E-state index contributed by atoms with van der Waals surface area (Å²) in [5, 5.41) is 3.72. The highest BCUT2D eigenvalue weighted by Crippen LogP contribution is 2.27. The van der Waals surface area contributed by atoms with E-state index in [1.165, 1.54) is 24.8 Å². The quantitative estimate of drug-likeness (QED) is 0.912. The number of hydrogen-bond donors (Lipinski definition) is 1. The van der Waals surface area contributed by atoms with Crippen molar-refractivity contribution in [3.63, 3.8) is 0 Å². The van der Waals surface area contributed by atoms with Gasteiger partial charge in [-0.1, -0.05) is 0 Å². The van der Waals surface area contributed by atoms with Crippen LogP contribution in [-0.4, -0.2) is 44.3 Å². The Morgan fingerprint density at radius 2 is 2.00 bits per heavy atom. The van der Waals surface area contributed by atoms with E-state index in [2.05, 4.69) is 16.3 Å². The van der Waals surface area contributed by atoms with Crippen molar-refractivity contribution in [2.24, 2.45) is 0 Å². The summed E-state index contributed by atoms with van der Waals surface area (Å²) < 4.78 is 10.8. The lowest BCUT2D eigenvalue weighted by molar-refractivity contribution is 0.246. The average Bonchev–Trinajstić information content (AvgIpc) is 2.81. The number of rotatable bonds is 4. The molecular weight excluding hydrogens is 252 g/mol. The minimum Gasteiger partial charge on any atom is -0.497 e. The molecule has 1 N–H and O–H groups in total. The second kappa shape index (κ2) is 6.02. The van der Waals surface area contributed by atoms with E-state index in [9.17, 15) is 0 Å². The Morgan fingerprint density at radius 3 is 2.80 bits per heavy atom. The molecule has 2 bridgehead atoms. The normalized spacial score (nSPS) is 26.3. The number of methoxy groups -OCH3 is 2. The predicted molar refractivity (Wildman–Crippen MR) is 79.4 cm³/mol. The maximum atomic E-state index is 5.48. The second-order valence-corrected chi connectivity index (χ2v) is 5.84. The van der Waals surface area contributed by atoms with Gasteiger partial charge in [0.25, 0.3) is 0 Å². The van der Waals surface area contributed by atoms with E-state index in [1.54, 1.807) is 14.2 Å². The molecule has 2 aliphatic rings. The maximum Gasteiger partial charge on any atom is 0.123 e. The van der Waals surface area contributed by atoms with Gasteiger partial charge >= 0.3 is 0 Å². The van der Waals surface area contributed by atoms with Crippen molar-refractivity contribution >= 4 is 0 Å². The number of benzene rings is 1. The molecule has 2 heterocycles. The third-order valence-electron chi connectivity index (χ3n) is 4.49. The molecule has 2 fully saturated rings. The molecule has 1 aromatic carbocycles. The van der Waals surface area contributed by atoms with Gasteiger partial charge in [-0.2, -0.15) is 0 Å². The van der Waals surface area contributed by atoms with Crippen molar-refractivity contribution in [3.05, 3.63) is 23.8 Å². The number of nitrogens with one attached hydrogen (secondary N) is 1.